The highest BCUT2D eigenvalue weighted by Gasteiger charge is 2.07. The van der Waals surface area contributed by atoms with Crippen LogP contribution < -0.4 is 0 Å². The summed E-state index contributed by atoms with van der Waals surface area (Å²) in [6.45, 7) is 4.69. The highest BCUT2D eigenvalue weighted by molar-refractivity contribution is 5.69. The quantitative estimate of drug-likeness (QED) is 0.0750. The van der Waals surface area contributed by atoms with Crippen LogP contribution >= 0.6 is 0 Å². The maximum atomic E-state index is 11.4. The standard InChI is InChI=1S/C21H42O4.C5H10O4.2C2H4O2/c1-2-3-4-5-6-7-8-9-10-11-12-13-14-15-16-17-21(24)25-19-20(23)18-22;1-4(7)9-3-5(8)2-6;2*1-2(3)4/h20,22-23H,2-19H2,1H3;5-6,8H,2-3H2,1H3;2*1H3,(H,3,4). The highest BCUT2D eigenvalue weighted by atomic mass is 16.5. The molecule has 0 fully saturated rings. The first-order valence-electron chi connectivity index (χ1n) is 15.1. The zero-order chi connectivity index (χ0) is 33.0. The maximum Gasteiger partial charge on any atom is 0.305 e. The van der Waals surface area contributed by atoms with E-state index in [-0.39, 0.29) is 32.4 Å². The Labute approximate surface area is 252 Å². The third-order valence-electron chi connectivity index (χ3n) is 5.32. The van der Waals surface area contributed by atoms with Crippen molar-refractivity contribution in [1.82, 2.24) is 0 Å². The first-order chi connectivity index (χ1) is 19.8. The molecule has 0 radical (unpaired) electrons. The molecule has 0 aliphatic heterocycles. The maximum absolute atomic E-state index is 11.4. The van der Waals surface area contributed by atoms with E-state index in [1.54, 1.807) is 0 Å². The van der Waals surface area contributed by atoms with Crippen molar-refractivity contribution in [2.45, 2.75) is 143 Å². The summed E-state index contributed by atoms with van der Waals surface area (Å²) < 4.78 is 9.21. The average Bonchev–Trinajstić information content (AvgIpc) is 2.92. The van der Waals surface area contributed by atoms with E-state index in [1.807, 2.05) is 0 Å². The van der Waals surface area contributed by atoms with Crippen molar-refractivity contribution in [3.8, 4) is 0 Å². The van der Waals surface area contributed by atoms with Crippen LogP contribution in [0.15, 0.2) is 0 Å². The number of hydrogen-bond acceptors (Lipinski definition) is 10. The van der Waals surface area contributed by atoms with Gasteiger partial charge in [0.1, 0.15) is 25.4 Å². The molecular weight excluding hydrogens is 552 g/mol. The molecule has 0 aromatic carbocycles. The number of rotatable bonds is 22. The second-order valence-electron chi connectivity index (χ2n) is 9.90. The molecule has 0 aromatic rings. The second-order valence-corrected chi connectivity index (χ2v) is 9.90. The predicted octanol–water partition coefficient (Wildman–Crippen LogP) is 4.23. The van der Waals surface area contributed by atoms with Gasteiger partial charge in [-0.25, -0.2) is 0 Å². The van der Waals surface area contributed by atoms with Crippen molar-refractivity contribution in [3.63, 3.8) is 0 Å². The molecular formula is C30H60O12. The zero-order valence-corrected chi connectivity index (χ0v) is 26.4. The molecule has 12 heteroatoms. The fourth-order valence-electron chi connectivity index (χ4n) is 3.22. The molecule has 0 aromatic heterocycles. The number of hydrogen-bond donors (Lipinski definition) is 6. The van der Waals surface area contributed by atoms with Gasteiger partial charge < -0.3 is 40.1 Å². The second kappa shape index (κ2) is 38.7. The van der Waals surface area contributed by atoms with E-state index in [9.17, 15) is 9.59 Å². The molecule has 2 unspecified atom stereocenters. The van der Waals surface area contributed by atoms with Crippen LogP contribution in [-0.4, -0.2) is 93.2 Å². The third-order valence-corrected chi connectivity index (χ3v) is 5.32. The molecule has 0 spiro atoms. The Balaban J connectivity index is -0.000000344. The van der Waals surface area contributed by atoms with Gasteiger partial charge in [0.15, 0.2) is 0 Å². The summed E-state index contributed by atoms with van der Waals surface area (Å²) in [5.74, 6) is -2.40. The lowest BCUT2D eigenvalue weighted by atomic mass is 10.0. The number of ether oxygens (including phenoxy) is 2. The molecule has 0 saturated carbocycles. The van der Waals surface area contributed by atoms with E-state index in [4.69, 9.17) is 45.0 Å². The number of carbonyl (C=O) groups is 4. The number of carboxylic acids is 2. The number of esters is 2. The number of aliphatic hydroxyl groups is 4. The smallest absolute Gasteiger partial charge is 0.305 e. The first-order valence-corrected chi connectivity index (χ1v) is 15.1. The minimum absolute atomic E-state index is 0.103. The summed E-state index contributed by atoms with van der Waals surface area (Å²) in [5, 5.41) is 49.3. The van der Waals surface area contributed by atoms with E-state index < -0.39 is 30.1 Å². The van der Waals surface area contributed by atoms with Crippen molar-refractivity contribution in [1.29, 1.82) is 0 Å². The van der Waals surface area contributed by atoms with Gasteiger partial charge >= 0.3 is 11.9 Å². The van der Waals surface area contributed by atoms with Crippen molar-refractivity contribution in [2.75, 3.05) is 26.4 Å². The van der Waals surface area contributed by atoms with Crippen LogP contribution in [0.25, 0.3) is 0 Å². The molecule has 2 atom stereocenters. The van der Waals surface area contributed by atoms with Gasteiger partial charge in [0.05, 0.1) is 13.2 Å². The lowest BCUT2D eigenvalue weighted by molar-refractivity contribution is -0.147. The zero-order valence-electron chi connectivity index (χ0n) is 26.4. The Bertz CT molecular complexity index is 593. The highest BCUT2D eigenvalue weighted by Crippen LogP contribution is 2.13. The molecule has 0 rings (SSSR count). The largest absolute Gasteiger partial charge is 0.481 e. The fourth-order valence-corrected chi connectivity index (χ4v) is 3.22. The molecule has 0 saturated heterocycles. The summed E-state index contributed by atoms with van der Waals surface area (Å²) in [4.78, 5) is 39.4. The summed E-state index contributed by atoms with van der Waals surface area (Å²) >= 11 is 0. The van der Waals surface area contributed by atoms with Crippen LogP contribution in [0.3, 0.4) is 0 Å². The Kier molecular flexibility index (Phi) is 43.0. The molecule has 12 nitrogen and oxygen atoms in total. The molecule has 0 amide bonds. The van der Waals surface area contributed by atoms with Gasteiger partial charge in [-0.15, -0.1) is 0 Å². The summed E-state index contributed by atoms with van der Waals surface area (Å²) in [7, 11) is 0. The summed E-state index contributed by atoms with van der Waals surface area (Å²) in [6, 6.07) is 0. The monoisotopic (exact) mass is 612 g/mol. The molecule has 0 aliphatic rings. The van der Waals surface area contributed by atoms with E-state index in [0.29, 0.717) is 6.42 Å². The normalized spacial score (nSPS) is 11.2. The first kappa shape index (κ1) is 46.7. The Hall–Kier alpha value is -2.28. The van der Waals surface area contributed by atoms with Crippen LogP contribution in [0, 0.1) is 0 Å². The molecule has 0 heterocycles. The number of carbonyl (C=O) groups excluding carboxylic acids is 2. The van der Waals surface area contributed by atoms with Gasteiger partial charge in [-0.2, -0.15) is 0 Å². The SMILES string of the molecule is CC(=O)O.CC(=O)O.CC(=O)OCC(O)CO.CCCCCCCCCCCCCCCCCC(=O)OCC(O)CO. The average molecular weight is 613 g/mol. The van der Waals surface area contributed by atoms with Crippen molar-refractivity contribution >= 4 is 23.9 Å². The Morgan fingerprint density at radius 2 is 0.833 bits per heavy atom. The number of carboxylic acid groups (broad SMARTS) is 2. The van der Waals surface area contributed by atoms with Crippen LogP contribution in [0.4, 0.5) is 0 Å². The van der Waals surface area contributed by atoms with Gasteiger partial charge in [-0.3, -0.25) is 19.2 Å². The van der Waals surface area contributed by atoms with E-state index >= 15 is 0 Å². The molecule has 0 aliphatic carbocycles. The van der Waals surface area contributed by atoms with Crippen LogP contribution in [-0.2, 0) is 28.7 Å². The van der Waals surface area contributed by atoms with Gasteiger partial charge in [-0.05, 0) is 6.42 Å². The minimum Gasteiger partial charge on any atom is -0.481 e. The van der Waals surface area contributed by atoms with Crippen molar-refractivity contribution in [3.05, 3.63) is 0 Å². The van der Waals surface area contributed by atoms with Crippen LogP contribution in [0.1, 0.15) is 130 Å². The summed E-state index contributed by atoms with van der Waals surface area (Å²) in [6.07, 6.45) is 18.1. The number of unbranched alkanes of at least 4 members (excludes halogenated alkanes) is 14. The predicted molar refractivity (Wildman–Crippen MR) is 160 cm³/mol. The number of aliphatic hydroxyl groups excluding tert-OH is 4. The van der Waals surface area contributed by atoms with Crippen LogP contribution in [0.5, 0.6) is 0 Å². The van der Waals surface area contributed by atoms with E-state index in [1.165, 1.54) is 90.4 Å². The van der Waals surface area contributed by atoms with Crippen LogP contribution in [0.2, 0.25) is 0 Å². The van der Waals surface area contributed by atoms with Crippen molar-refractivity contribution in [2.24, 2.45) is 0 Å². The molecule has 252 valence electrons. The molecule has 0 bridgehead atoms. The van der Waals surface area contributed by atoms with Crippen molar-refractivity contribution < 1.29 is 59.3 Å². The lowest BCUT2D eigenvalue weighted by Crippen LogP contribution is -2.21. The van der Waals surface area contributed by atoms with E-state index in [0.717, 1.165) is 26.7 Å². The Morgan fingerprint density at radius 1 is 0.548 bits per heavy atom. The van der Waals surface area contributed by atoms with E-state index in [2.05, 4.69) is 11.7 Å². The minimum atomic E-state index is -0.954. The molecule has 6 N–H and O–H groups in total. The summed E-state index contributed by atoms with van der Waals surface area (Å²) in [5.41, 5.74) is 0. The fraction of sp³-hybridized carbons (Fsp3) is 0.867. The third kappa shape index (κ3) is 61.7. The Morgan fingerprint density at radius 3 is 1.12 bits per heavy atom. The van der Waals surface area contributed by atoms with Gasteiger partial charge in [0.2, 0.25) is 0 Å². The lowest BCUT2D eigenvalue weighted by Gasteiger charge is -2.08. The topological polar surface area (TPSA) is 208 Å². The van der Waals surface area contributed by atoms with Gasteiger partial charge in [-0.1, -0.05) is 96.8 Å². The molecule has 42 heavy (non-hydrogen) atoms. The van der Waals surface area contributed by atoms with Gasteiger partial charge in [0, 0.05) is 27.2 Å². The van der Waals surface area contributed by atoms with Gasteiger partial charge in [0.25, 0.3) is 11.9 Å². The number of aliphatic carboxylic acids is 2.